The molecule has 3 rings (SSSR count). The second-order valence-electron chi connectivity index (χ2n) is 7.24. The van der Waals surface area contributed by atoms with E-state index < -0.39 is 29.9 Å². The van der Waals surface area contributed by atoms with Gasteiger partial charge >= 0.3 is 11.9 Å². The number of nitrogens with one attached hydrogen (secondary N) is 4. The predicted octanol–water partition coefficient (Wildman–Crippen LogP) is -1.67. The number of nitrogens with two attached hydrogens (primary N) is 1. The van der Waals surface area contributed by atoms with Gasteiger partial charge in [-0.3, -0.25) is 30.0 Å². The van der Waals surface area contributed by atoms with E-state index in [1.807, 2.05) is 0 Å². The third-order valence-electron chi connectivity index (χ3n) is 4.83. The molecule has 0 bridgehead atoms. The molecule has 0 aliphatic carbocycles. The molecule has 0 radical (unpaired) electrons. The van der Waals surface area contributed by atoms with Crippen molar-refractivity contribution in [1.82, 2.24) is 16.0 Å². The Morgan fingerprint density at radius 3 is 2.59 bits per heavy atom. The van der Waals surface area contributed by atoms with Gasteiger partial charge in [0.25, 0.3) is 11.8 Å². The van der Waals surface area contributed by atoms with Crippen molar-refractivity contribution in [1.29, 1.82) is 0 Å². The second kappa shape index (κ2) is 9.87. The van der Waals surface area contributed by atoms with E-state index >= 15 is 0 Å². The summed E-state index contributed by atoms with van der Waals surface area (Å²) in [5, 5.41) is 28.9. The van der Waals surface area contributed by atoms with Crippen LogP contribution in [0.4, 0.5) is 5.69 Å². The second-order valence-corrected chi connectivity index (χ2v) is 7.24. The zero-order valence-electron chi connectivity index (χ0n) is 16.9. The van der Waals surface area contributed by atoms with Gasteiger partial charge in [-0.05, 0) is 30.7 Å². The first-order valence-corrected chi connectivity index (χ1v) is 9.77. The van der Waals surface area contributed by atoms with E-state index in [1.165, 1.54) is 12.1 Å². The monoisotopic (exact) mass is 445 g/mol. The maximum Gasteiger partial charge on any atom is 0.326 e. The molecule has 3 atom stereocenters. The minimum Gasteiger partial charge on any atom is -0.481 e. The molecule has 0 aromatic heterocycles. The quantitative estimate of drug-likeness (QED) is 0.231. The lowest BCUT2D eigenvalue weighted by molar-refractivity contribution is -0.140. The molecule has 0 saturated carbocycles. The summed E-state index contributed by atoms with van der Waals surface area (Å²) in [4.78, 5) is 54.5. The number of benzene rings is 1. The number of aliphatic carboxylic acids is 2. The van der Waals surface area contributed by atoms with Crippen LogP contribution in [-0.2, 0) is 14.4 Å². The van der Waals surface area contributed by atoms with E-state index in [-0.39, 0.29) is 36.3 Å². The maximum absolute atomic E-state index is 12.3. The molecule has 32 heavy (non-hydrogen) atoms. The molecule has 2 aliphatic heterocycles. The molecule has 2 amide bonds. The highest BCUT2D eigenvalue weighted by Gasteiger charge is 2.34. The van der Waals surface area contributed by atoms with Gasteiger partial charge < -0.3 is 26.6 Å². The van der Waals surface area contributed by atoms with Gasteiger partial charge in [0.05, 0.1) is 6.54 Å². The average Bonchev–Trinajstić information content (AvgIpc) is 2.75. The van der Waals surface area contributed by atoms with Crippen molar-refractivity contribution in [3.63, 3.8) is 0 Å². The fourth-order valence-electron chi connectivity index (χ4n) is 3.17. The van der Waals surface area contributed by atoms with Crippen LogP contribution < -0.4 is 27.0 Å². The lowest BCUT2D eigenvalue weighted by atomic mass is 10.1. The van der Waals surface area contributed by atoms with Crippen molar-refractivity contribution in [3.05, 3.63) is 29.8 Å². The Labute approximate surface area is 182 Å². The van der Waals surface area contributed by atoms with Crippen LogP contribution in [0, 0.1) is 0 Å². The zero-order valence-corrected chi connectivity index (χ0v) is 16.9. The smallest absolute Gasteiger partial charge is 0.326 e. The van der Waals surface area contributed by atoms with Crippen LogP contribution in [-0.4, -0.2) is 77.0 Å². The third kappa shape index (κ3) is 5.78. The van der Waals surface area contributed by atoms with Gasteiger partial charge in [-0.2, -0.15) is 4.99 Å². The van der Waals surface area contributed by atoms with Crippen LogP contribution >= 0.6 is 0 Å². The number of rotatable bonds is 9. The van der Waals surface area contributed by atoms with Crippen molar-refractivity contribution in [3.8, 4) is 0 Å². The fraction of sp³-hybridized carbons (Fsp3) is 0.368. The molecule has 13 nitrogen and oxygen atoms in total. The lowest BCUT2D eigenvalue weighted by Gasteiger charge is -2.30. The first-order valence-electron chi connectivity index (χ1n) is 9.77. The molecule has 2 aliphatic rings. The van der Waals surface area contributed by atoms with E-state index in [1.54, 1.807) is 12.1 Å². The molecule has 13 heteroatoms. The SMILES string of the molecule is NC1=NC2=NC[C@H](CNc3ccc(C(=O)N[C@@H](CCC(=O)O)C(=O)O)cc3)NC2C(=O)N1. The van der Waals surface area contributed by atoms with Gasteiger partial charge in [0.2, 0.25) is 5.96 Å². The average molecular weight is 445 g/mol. The van der Waals surface area contributed by atoms with E-state index in [0.717, 1.165) is 0 Å². The van der Waals surface area contributed by atoms with Crippen LogP contribution in [0.2, 0.25) is 0 Å². The summed E-state index contributed by atoms with van der Waals surface area (Å²) < 4.78 is 0. The number of hydrogen-bond donors (Lipinski definition) is 7. The number of carbonyl (C=O) groups excluding carboxylic acids is 2. The predicted molar refractivity (Wildman–Crippen MR) is 113 cm³/mol. The Morgan fingerprint density at radius 1 is 1.22 bits per heavy atom. The zero-order chi connectivity index (χ0) is 23.3. The summed E-state index contributed by atoms with van der Waals surface area (Å²) in [7, 11) is 0. The molecule has 0 spiro atoms. The summed E-state index contributed by atoms with van der Waals surface area (Å²) >= 11 is 0. The van der Waals surface area contributed by atoms with Crippen LogP contribution in [0.3, 0.4) is 0 Å². The van der Waals surface area contributed by atoms with E-state index in [2.05, 4.69) is 31.3 Å². The maximum atomic E-state index is 12.3. The molecular formula is C19H23N7O6. The van der Waals surface area contributed by atoms with Gasteiger partial charge in [-0.1, -0.05) is 0 Å². The number of amidine groups is 1. The summed E-state index contributed by atoms with van der Waals surface area (Å²) in [6.07, 6.45) is -0.589. The molecule has 0 saturated heterocycles. The molecule has 170 valence electrons. The normalized spacial score (nSPS) is 20.7. The van der Waals surface area contributed by atoms with Crippen molar-refractivity contribution < 1.29 is 29.4 Å². The number of hydrogen-bond acceptors (Lipinski definition) is 9. The number of carboxylic acid groups (broad SMARTS) is 2. The third-order valence-corrected chi connectivity index (χ3v) is 4.83. The first kappa shape index (κ1) is 22.7. The van der Waals surface area contributed by atoms with Crippen molar-refractivity contribution >= 4 is 41.2 Å². The highest BCUT2D eigenvalue weighted by molar-refractivity contribution is 6.19. The van der Waals surface area contributed by atoms with Crippen LogP contribution in [0.15, 0.2) is 34.3 Å². The number of carboxylic acids is 2. The van der Waals surface area contributed by atoms with Crippen molar-refractivity contribution in [2.75, 3.05) is 18.4 Å². The standard InChI is InChI=1S/C19H23N7O6/c20-19-25-15-14(17(30)26-19)23-11(8-22-15)7-21-10-3-1-9(2-4-10)16(29)24-12(18(31)32)5-6-13(27)28/h1-4,11-12,14,21,23H,5-8H2,(H,24,29)(H,27,28)(H,31,32)(H3,20,22,25,26,30)/t11-,12-,14?/m0/s1. The molecule has 1 aromatic rings. The van der Waals surface area contributed by atoms with Gasteiger partial charge in [-0.25, -0.2) is 4.79 Å². The number of amides is 2. The number of fused-ring (bicyclic) bond motifs is 1. The van der Waals surface area contributed by atoms with Gasteiger partial charge in [-0.15, -0.1) is 0 Å². The first-order chi connectivity index (χ1) is 15.2. The van der Waals surface area contributed by atoms with Gasteiger partial charge in [0.1, 0.15) is 12.1 Å². The van der Waals surface area contributed by atoms with Crippen molar-refractivity contribution in [2.45, 2.75) is 31.0 Å². The molecule has 0 fully saturated rings. The van der Waals surface area contributed by atoms with E-state index in [0.29, 0.717) is 24.6 Å². The molecular weight excluding hydrogens is 422 g/mol. The summed E-state index contributed by atoms with van der Waals surface area (Å²) in [6, 6.07) is 4.23. The van der Waals surface area contributed by atoms with Crippen LogP contribution in [0.25, 0.3) is 0 Å². The van der Waals surface area contributed by atoms with Crippen LogP contribution in [0.1, 0.15) is 23.2 Å². The Bertz CT molecular complexity index is 975. The molecule has 8 N–H and O–H groups in total. The number of aliphatic imine (C=N–C) groups is 2. The number of carbonyl (C=O) groups is 4. The summed E-state index contributed by atoms with van der Waals surface area (Å²) in [5.41, 5.74) is 6.45. The Balaban J connectivity index is 1.52. The minimum atomic E-state index is -1.30. The van der Waals surface area contributed by atoms with Gasteiger partial charge in [0.15, 0.2) is 5.84 Å². The lowest BCUT2D eigenvalue weighted by Crippen LogP contribution is -2.62. The molecule has 1 unspecified atom stereocenters. The molecule has 2 heterocycles. The highest BCUT2D eigenvalue weighted by Crippen LogP contribution is 2.12. The summed E-state index contributed by atoms with van der Waals surface area (Å²) in [5.74, 6) is -3.02. The Kier molecular flexibility index (Phi) is 7.00. The Hall–Kier alpha value is -4.00. The van der Waals surface area contributed by atoms with Crippen LogP contribution in [0.5, 0.6) is 0 Å². The van der Waals surface area contributed by atoms with E-state index in [9.17, 15) is 19.2 Å². The summed E-state index contributed by atoms with van der Waals surface area (Å²) in [6.45, 7) is 0.845. The Morgan fingerprint density at radius 2 is 1.94 bits per heavy atom. The number of anilines is 1. The number of nitrogens with zero attached hydrogens (tertiary/aromatic N) is 2. The van der Waals surface area contributed by atoms with Crippen molar-refractivity contribution in [2.24, 2.45) is 15.7 Å². The minimum absolute atomic E-state index is 0.0177. The van der Waals surface area contributed by atoms with E-state index in [4.69, 9.17) is 15.9 Å². The fourth-order valence-corrected chi connectivity index (χ4v) is 3.17. The molecule has 1 aromatic carbocycles. The number of guanidine groups is 1. The highest BCUT2D eigenvalue weighted by atomic mass is 16.4. The van der Waals surface area contributed by atoms with Gasteiger partial charge in [0, 0.05) is 30.3 Å². The topological polar surface area (TPSA) is 208 Å². The largest absolute Gasteiger partial charge is 0.481 e.